The summed E-state index contributed by atoms with van der Waals surface area (Å²) in [5.74, 6) is 1.78. The van der Waals surface area contributed by atoms with Crippen molar-refractivity contribution >= 4 is 18.1 Å². The van der Waals surface area contributed by atoms with Gasteiger partial charge in [-0.15, -0.1) is 6.58 Å². The predicted octanol–water partition coefficient (Wildman–Crippen LogP) is 2.78. The fourth-order valence-corrected chi connectivity index (χ4v) is 2.72. The molecule has 9 heteroatoms. The first kappa shape index (κ1) is 20.5. The molecule has 1 saturated heterocycles. The van der Waals surface area contributed by atoms with Crippen LogP contribution in [0.15, 0.2) is 43.0 Å². The number of aromatic nitrogens is 3. The molecular formula is C20H25N5O4. The Labute approximate surface area is 169 Å². The van der Waals surface area contributed by atoms with Crippen LogP contribution in [0.3, 0.4) is 0 Å². The molecule has 0 atom stereocenters. The highest BCUT2D eigenvalue weighted by Crippen LogP contribution is 2.18. The highest BCUT2D eigenvalue weighted by molar-refractivity contribution is 5.65. The number of aryl methyl sites for hydroxylation is 1. The molecule has 1 aromatic carbocycles. The number of morpholine rings is 1. The monoisotopic (exact) mass is 399 g/mol. The fourth-order valence-electron chi connectivity index (χ4n) is 2.72. The van der Waals surface area contributed by atoms with E-state index in [0.717, 1.165) is 6.42 Å². The van der Waals surface area contributed by atoms with E-state index < -0.39 is 6.16 Å². The minimum Gasteiger partial charge on any atom is -0.393 e. The lowest BCUT2D eigenvalue weighted by Gasteiger charge is -2.28. The van der Waals surface area contributed by atoms with Crippen LogP contribution in [0, 0.1) is 0 Å². The van der Waals surface area contributed by atoms with Crippen molar-refractivity contribution in [3.05, 3.63) is 48.8 Å². The maximum Gasteiger partial charge on any atom is 0.539 e. The van der Waals surface area contributed by atoms with Crippen molar-refractivity contribution in [1.29, 1.82) is 0 Å². The molecule has 29 heavy (non-hydrogen) atoms. The maximum absolute atomic E-state index is 12.2. The molecule has 1 aliphatic heterocycles. The molecule has 0 N–H and O–H groups in total. The molecule has 0 unspecified atom stereocenters. The SMILES string of the molecule is C=CCN(OC(=O)Oc1ccccc1)c1nc(CCC)nc(N2CCOCC2)n1. The van der Waals surface area contributed by atoms with Gasteiger partial charge in [-0.05, 0) is 18.6 Å². The van der Waals surface area contributed by atoms with Gasteiger partial charge in [-0.2, -0.15) is 20.0 Å². The van der Waals surface area contributed by atoms with Gasteiger partial charge < -0.3 is 19.2 Å². The molecule has 2 aromatic rings. The number of anilines is 2. The van der Waals surface area contributed by atoms with Crippen molar-refractivity contribution in [2.45, 2.75) is 19.8 Å². The zero-order valence-electron chi connectivity index (χ0n) is 16.5. The highest BCUT2D eigenvalue weighted by atomic mass is 16.8. The van der Waals surface area contributed by atoms with E-state index in [-0.39, 0.29) is 12.5 Å². The second kappa shape index (κ2) is 10.4. The first-order chi connectivity index (χ1) is 14.2. The van der Waals surface area contributed by atoms with Gasteiger partial charge in [0.1, 0.15) is 11.6 Å². The molecule has 1 aromatic heterocycles. The molecular weight excluding hydrogens is 374 g/mol. The van der Waals surface area contributed by atoms with Gasteiger partial charge in [0.2, 0.25) is 5.95 Å². The second-order valence-corrected chi connectivity index (χ2v) is 6.31. The zero-order chi connectivity index (χ0) is 20.5. The zero-order valence-corrected chi connectivity index (χ0v) is 16.5. The first-order valence-electron chi connectivity index (χ1n) is 9.60. The summed E-state index contributed by atoms with van der Waals surface area (Å²) in [6.07, 6.45) is 2.27. The highest BCUT2D eigenvalue weighted by Gasteiger charge is 2.21. The Morgan fingerprint density at radius 2 is 2.00 bits per heavy atom. The van der Waals surface area contributed by atoms with Gasteiger partial charge in [0, 0.05) is 19.5 Å². The number of nitrogens with zero attached hydrogens (tertiary/aromatic N) is 5. The van der Waals surface area contributed by atoms with Gasteiger partial charge in [0.25, 0.3) is 5.95 Å². The third-order valence-electron chi connectivity index (χ3n) is 4.07. The first-order valence-corrected chi connectivity index (χ1v) is 9.60. The van der Waals surface area contributed by atoms with Crippen LogP contribution in [0.2, 0.25) is 0 Å². The molecule has 2 heterocycles. The molecule has 0 saturated carbocycles. The van der Waals surface area contributed by atoms with Crippen molar-refractivity contribution < 1.29 is 19.1 Å². The van der Waals surface area contributed by atoms with E-state index in [1.165, 1.54) is 5.06 Å². The Balaban J connectivity index is 1.81. The van der Waals surface area contributed by atoms with Gasteiger partial charge in [0.05, 0.1) is 19.8 Å². The molecule has 1 aliphatic rings. The number of carbonyl (C=O) groups excluding carboxylic acids is 1. The number of hydrogen-bond donors (Lipinski definition) is 0. The topological polar surface area (TPSA) is 89.9 Å². The number of benzene rings is 1. The Hall–Kier alpha value is -3.20. The van der Waals surface area contributed by atoms with Crippen LogP contribution in [0.4, 0.5) is 16.7 Å². The summed E-state index contributed by atoms with van der Waals surface area (Å²) >= 11 is 0. The van der Waals surface area contributed by atoms with Crippen molar-refractivity contribution in [3.63, 3.8) is 0 Å². The smallest absolute Gasteiger partial charge is 0.393 e. The van der Waals surface area contributed by atoms with Gasteiger partial charge in [-0.3, -0.25) is 0 Å². The summed E-state index contributed by atoms with van der Waals surface area (Å²) < 4.78 is 10.6. The average molecular weight is 399 g/mol. The average Bonchev–Trinajstić information content (AvgIpc) is 2.75. The van der Waals surface area contributed by atoms with Crippen LogP contribution in [0.25, 0.3) is 0 Å². The van der Waals surface area contributed by atoms with Crippen LogP contribution in [0.1, 0.15) is 19.2 Å². The Bertz CT molecular complexity index is 812. The number of para-hydroxylation sites is 1. The minimum absolute atomic E-state index is 0.196. The lowest BCUT2D eigenvalue weighted by atomic mass is 10.3. The maximum atomic E-state index is 12.2. The molecule has 9 nitrogen and oxygen atoms in total. The third kappa shape index (κ3) is 5.89. The van der Waals surface area contributed by atoms with Gasteiger partial charge in [-0.1, -0.05) is 31.2 Å². The van der Waals surface area contributed by atoms with Crippen molar-refractivity contribution in [1.82, 2.24) is 15.0 Å². The normalized spacial score (nSPS) is 13.6. The number of hydroxylamine groups is 1. The van der Waals surface area contributed by atoms with E-state index in [1.54, 1.807) is 30.3 Å². The van der Waals surface area contributed by atoms with E-state index in [9.17, 15) is 4.79 Å². The van der Waals surface area contributed by atoms with Crippen LogP contribution in [0.5, 0.6) is 5.75 Å². The van der Waals surface area contributed by atoms with Gasteiger partial charge >= 0.3 is 6.16 Å². The van der Waals surface area contributed by atoms with E-state index in [0.29, 0.717) is 50.2 Å². The minimum atomic E-state index is -0.886. The molecule has 1 fully saturated rings. The van der Waals surface area contributed by atoms with Crippen LogP contribution in [-0.4, -0.2) is 54.0 Å². The lowest BCUT2D eigenvalue weighted by Crippen LogP contribution is -2.38. The summed E-state index contributed by atoms with van der Waals surface area (Å²) in [6.45, 7) is 8.56. The third-order valence-corrected chi connectivity index (χ3v) is 4.07. The van der Waals surface area contributed by atoms with Crippen molar-refractivity contribution in [3.8, 4) is 5.75 Å². The predicted molar refractivity (Wildman–Crippen MR) is 108 cm³/mol. The number of hydrogen-bond acceptors (Lipinski definition) is 9. The summed E-state index contributed by atoms with van der Waals surface area (Å²) in [5, 5.41) is 1.25. The van der Waals surface area contributed by atoms with Crippen LogP contribution < -0.4 is 14.7 Å². The Morgan fingerprint density at radius 1 is 1.24 bits per heavy atom. The van der Waals surface area contributed by atoms with Crippen LogP contribution >= 0.6 is 0 Å². The molecule has 0 aliphatic carbocycles. The molecule has 0 amide bonds. The van der Waals surface area contributed by atoms with Crippen molar-refractivity contribution in [2.75, 3.05) is 42.8 Å². The number of ether oxygens (including phenoxy) is 2. The number of rotatable bonds is 8. The van der Waals surface area contributed by atoms with Gasteiger partial charge in [-0.25, -0.2) is 4.79 Å². The summed E-state index contributed by atoms with van der Waals surface area (Å²) in [4.78, 5) is 33.2. The van der Waals surface area contributed by atoms with Crippen molar-refractivity contribution in [2.24, 2.45) is 0 Å². The largest absolute Gasteiger partial charge is 0.539 e. The van der Waals surface area contributed by atoms with Crippen LogP contribution in [-0.2, 0) is 16.0 Å². The molecule has 0 bridgehead atoms. The standard InChI is InChI=1S/C20H25N5O4/c1-3-8-17-21-18(24-12-14-27-15-13-24)23-19(22-17)25(11-4-2)29-20(26)28-16-9-6-5-7-10-16/h4-7,9-10H,2-3,8,11-15H2,1H3. The quantitative estimate of drug-likeness (QED) is 0.288. The number of carbonyl (C=O) groups is 1. The van der Waals surface area contributed by atoms with E-state index in [2.05, 4.69) is 21.5 Å². The molecule has 0 spiro atoms. The Morgan fingerprint density at radius 3 is 2.69 bits per heavy atom. The molecule has 0 radical (unpaired) electrons. The van der Waals surface area contributed by atoms with E-state index >= 15 is 0 Å². The van der Waals surface area contributed by atoms with E-state index in [1.807, 2.05) is 17.9 Å². The Kier molecular flexibility index (Phi) is 7.34. The second-order valence-electron chi connectivity index (χ2n) is 6.31. The fraction of sp³-hybridized carbons (Fsp3) is 0.400. The molecule has 154 valence electrons. The van der Waals surface area contributed by atoms with E-state index in [4.69, 9.17) is 14.3 Å². The summed E-state index contributed by atoms with van der Waals surface area (Å²) in [5.41, 5.74) is 0. The molecule has 3 rings (SSSR count). The lowest BCUT2D eigenvalue weighted by molar-refractivity contribution is 0.0883. The summed E-state index contributed by atoms with van der Waals surface area (Å²) in [6, 6.07) is 8.69. The summed E-state index contributed by atoms with van der Waals surface area (Å²) in [7, 11) is 0. The van der Waals surface area contributed by atoms with Gasteiger partial charge in [0.15, 0.2) is 0 Å².